The van der Waals surface area contributed by atoms with E-state index < -0.39 is 0 Å². The van der Waals surface area contributed by atoms with E-state index in [0.29, 0.717) is 0 Å². The zero-order valence-electron chi connectivity index (χ0n) is 26.8. The van der Waals surface area contributed by atoms with Gasteiger partial charge in [-0.1, -0.05) is 117 Å². The van der Waals surface area contributed by atoms with E-state index in [1.165, 1.54) is 87.6 Å². The van der Waals surface area contributed by atoms with Gasteiger partial charge in [-0.05, 0) is 130 Å². The summed E-state index contributed by atoms with van der Waals surface area (Å²) in [7, 11) is 0. The smallest absolute Gasteiger partial charge is 0.135 e. The lowest BCUT2D eigenvalue weighted by molar-refractivity contribution is 0.662. The number of fused-ring (bicyclic) bond motifs is 8. The molecular formula is C47H30O. The monoisotopic (exact) mass is 610 g/mol. The minimum atomic E-state index is -0.205. The van der Waals surface area contributed by atoms with Crippen LogP contribution in [-0.2, 0) is 5.41 Å². The fraction of sp³-hybridized carbons (Fsp3) is 0.0638. The molecule has 0 N–H and O–H groups in total. The molecule has 0 atom stereocenters. The molecule has 0 saturated heterocycles. The minimum absolute atomic E-state index is 0.205. The van der Waals surface area contributed by atoms with Crippen molar-refractivity contribution in [1.82, 2.24) is 0 Å². The lowest BCUT2D eigenvalue weighted by Gasteiger charge is -2.25. The summed E-state index contributed by atoms with van der Waals surface area (Å²) in [5, 5.41) is 12.8. The lowest BCUT2D eigenvalue weighted by atomic mass is 9.77. The first-order valence-corrected chi connectivity index (χ1v) is 16.8. The predicted molar refractivity (Wildman–Crippen MR) is 203 cm³/mol. The van der Waals surface area contributed by atoms with Crippen molar-refractivity contribution < 1.29 is 4.42 Å². The molecule has 0 radical (unpaired) electrons. The minimum Gasteiger partial charge on any atom is -0.456 e. The molecule has 224 valence electrons. The maximum absolute atomic E-state index is 6.22. The summed E-state index contributed by atoms with van der Waals surface area (Å²) >= 11 is 0. The van der Waals surface area contributed by atoms with Gasteiger partial charge in [0.1, 0.15) is 11.2 Å². The molecule has 0 unspecified atom stereocenters. The number of rotatable bonds is 2. The average Bonchev–Trinajstić information content (AvgIpc) is 3.61. The second-order valence-corrected chi connectivity index (χ2v) is 14.1. The second-order valence-electron chi connectivity index (χ2n) is 14.1. The highest BCUT2D eigenvalue weighted by molar-refractivity contribution is 6.23. The molecule has 1 aromatic heterocycles. The maximum atomic E-state index is 6.22. The van der Waals surface area contributed by atoms with Crippen LogP contribution < -0.4 is 0 Å². The molecule has 1 aliphatic carbocycles. The molecule has 0 bridgehead atoms. The van der Waals surface area contributed by atoms with Gasteiger partial charge < -0.3 is 4.42 Å². The molecule has 1 aliphatic rings. The molecule has 9 aromatic carbocycles. The van der Waals surface area contributed by atoms with E-state index in [4.69, 9.17) is 4.42 Å². The average molecular weight is 611 g/mol. The first kappa shape index (κ1) is 26.2. The number of hydrogen-bond donors (Lipinski definition) is 0. The second kappa shape index (κ2) is 9.12. The maximum Gasteiger partial charge on any atom is 0.135 e. The van der Waals surface area contributed by atoms with Crippen molar-refractivity contribution in [2.24, 2.45) is 0 Å². The molecule has 0 fully saturated rings. The zero-order valence-corrected chi connectivity index (χ0v) is 26.8. The van der Waals surface area contributed by atoms with Crippen LogP contribution in [0.1, 0.15) is 25.0 Å². The van der Waals surface area contributed by atoms with Gasteiger partial charge in [-0.25, -0.2) is 0 Å². The predicted octanol–water partition coefficient (Wildman–Crippen LogP) is 13.3. The fourth-order valence-electron chi connectivity index (χ4n) is 8.91. The molecular weight excluding hydrogens is 581 g/mol. The van der Waals surface area contributed by atoms with Crippen molar-refractivity contribution in [3.8, 4) is 33.4 Å². The summed E-state index contributed by atoms with van der Waals surface area (Å²) in [6.45, 7) is 4.82. The summed E-state index contributed by atoms with van der Waals surface area (Å²) in [4.78, 5) is 0. The summed E-state index contributed by atoms with van der Waals surface area (Å²) < 4.78 is 6.22. The quantitative estimate of drug-likeness (QED) is 0.178. The van der Waals surface area contributed by atoms with Crippen molar-refractivity contribution in [1.29, 1.82) is 0 Å². The van der Waals surface area contributed by atoms with E-state index in [1.807, 2.05) is 6.07 Å². The van der Waals surface area contributed by atoms with E-state index in [1.54, 1.807) is 0 Å². The van der Waals surface area contributed by atoms with Crippen LogP contribution in [0.2, 0.25) is 0 Å². The molecule has 1 heteroatoms. The Kier molecular flexibility index (Phi) is 4.97. The van der Waals surface area contributed by atoms with Crippen LogP contribution in [-0.4, -0.2) is 0 Å². The van der Waals surface area contributed by atoms with Crippen molar-refractivity contribution in [2.75, 3.05) is 0 Å². The number of hydrogen-bond acceptors (Lipinski definition) is 1. The highest BCUT2D eigenvalue weighted by Crippen LogP contribution is 2.56. The molecule has 1 nitrogen and oxygen atoms in total. The molecule has 0 saturated carbocycles. The van der Waals surface area contributed by atoms with Crippen LogP contribution in [0.15, 0.2) is 150 Å². The van der Waals surface area contributed by atoms with Gasteiger partial charge in [-0.2, -0.15) is 0 Å². The van der Waals surface area contributed by atoms with Crippen LogP contribution in [0.3, 0.4) is 0 Å². The van der Waals surface area contributed by atoms with Crippen LogP contribution in [0, 0.1) is 0 Å². The largest absolute Gasteiger partial charge is 0.456 e. The number of furan rings is 1. The number of para-hydroxylation sites is 1. The van der Waals surface area contributed by atoms with E-state index in [0.717, 1.165) is 21.9 Å². The Hall–Kier alpha value is -5.92. The Morgan fingerprint density at radius 3 is 1.88 bits per heavy atom. The molecule has 0 spiro atoms. The Morgan fingerprint density at radius 1 is 0.417 bits per heavy atom. The van der Waals surface area contributed by atoms with Gasteiger partial charge in [0.2, 0.25) is 0 Å². The third-order valence-electron chi connectivity index (χ3n) is 11.1. The van der Waals surface area contributed by atoms with Crippen molar-refractivity contribution in [2.45, 2.75) is 19.3 Å². The molecule has 48 heavy (non-hydrogen) atoms. The van der Waals surface area contributed by atoms with E-state index >= 15 is 0 Å². The van der Waals surface area contributed by atoms with Crippen molar-refractivity contribution in [3.63, 3.8) is 0 Å². The summed E-state index contributed by atoms with van der Waals surface area (Å²) in [5.41, 5.74) is 12.2. The van der Waals surface area contributed by atoms with Crippen molar-refractivity contribution in [3.05, 3.63) is 157 Å². The highest BCUT2D eigenvalue weighted by atomic mass is 16.3. The lowest BCUT2D eigenvalue weighted by Crippen LogP contribution is -2.16. The molecule has 10 aromatic rings. The normalized spacial score (nSPS) is 13.8. The van der Waals surface area contributed by atoms with Gasteiger partial charge in [0.25, 0.3) is 0 Å². The van der Waals surface area contributed by atoms with E-state index in [2.05, 4.69) is 153 Å². The van der Waals surface area contributed by atoms with Crippen LogP contribution in [0.25, 0.3) is 98.4 Å². The van der Waals surface area contributed by atoms with Crippen LogP contribution in [0.4, 0.5) is 0 Å². The zero-order chi connectivity index (χ0) is 31.7. The Bertz CT molecular complexity index is 2910. The third-order valence-corrected chi connectivity index (χ3v) is 11.1. The van der Waals surface area contributed by atoms with Gasteiger partial charge in [0, 0.05) is 16.2 Å². The Labute approximate surface area is 278 Å². The van der Waals surface area contributed by atoms with Gasteiger partial charge in [-0.15, -0.1) is 0 Å². The SMILES string of the molecule is CC1(C)c2cc(-c3cc4ccc5cccc6ccc(c3)c4c56)ccc2-c2c1c(-c1ccc3oc4ccccc4c3c1)cc1ccccc21. The van der Waals surface area contributed by atoms with E-state index in [9.17, 15) is 0 Å². The Balaban J connectivity index is 1.13. The summed E-state index contributed by atoms with van der Waals surface area (Å²) in [6.07, 6.45) is 0. The fourth-order valence-corrected chi connectivity index (χ4v) is 8.91. The van der Waals surface area contributed by atoms with E-state index in [-0.39, 0.29) is 5.41 Å². The number of benzene rings is 9. The molecule has 0 aliphatic heterocycles. The summed E-state index contributed by atoms with van der Waals surface area (Å²) in [5.74, 6) is 0. The summed E-state index contributed by atoms with van der Waals surface area (Å²) in [6, 6.07) is 54.0. The van der Waals surface area contributed by atoms with Crippen LogP contribution in [0.5, 0.6) is 0 Å². The van der Waals surface area contributed by atoms with Gasteiger partial charge in [0.05, 0.1) is 0 Å². The molecule has 11 rings (SSSR count). The van der Waals surface area contributed by atoms with Gasteiger partial charge >= 0.3 is 0 Å². The first-order valence-electron chi connectivity index (χ1n) is 16.8. The van der Waals surface area contributed by atoms with Gasteiger partial charge in [-0.3, -0.25) is 0 Å². The standard InChI is InChI=1S/C47H30O/c1-47(2)40-26-29(34-22-32-16-14-27-9-7-10-28-15-17-33(23-34)44(32)43(27)28)18-20-37(40)45-35-11-4-3-8-30(35)24-38(46(45)47)31-19-21-42-39(25-31)36-12-5-6-13-41(36)48-42/h3-26H,1-2H3. The third kappa shape index (κ3) is 3.40. The molecule has 1 heterocycles. The first-order chi connectivity index (χ1) is 23.5. The van der Waals surface area contributed by atoms with Crippen LogP contribution >= 0.6 is 0 Å². The Morgan fingerprint density at radius 2 is 1.06 bits per heavy atom. The highest BCUT2D eigenvalue weighted by Gasteiger charge is 2.39. The van der Waals surface area contributed by atoms with Gasteiger partial charge in [0.15, 0.2) is 0 Å². The topological polar surface area (TPSA) is 13.1 Å². The molecule has 0 amide bonds. The van der Waals surface area contributed by atoms with Crippen molar-refractivity contribution >= 4 is 65.0 Å².